The minimum atomic E-state index is 0.0982. The van der Waals surface area contributed by atoms with Crippen LogP contribution in [0, 0.1) is 5.92 Å². The lowest BCUT2D eigenvalue weighted by atomic mass is 9.93. The summed E-state index contributed by atoms with van der Waals surface area (Å²) in [6, 6.07) is 0. The van der Waals surface area contributed by atoms with E-state index in [-0.39, 0.29) is 5.54 Å². The van der Waals surface area contributed by atoms with Crippen molar-refractivity contribution >= 4 is 5.91 Å². The number of nitrogens with zero attached hydrogens (tertiary/aromatic N) is 1. The van der Waals surface area contributed by atoms with E-state index in [1.807, 2.05) is 0 Å². The van der Waals surface area contributed by atoms with Crippen molar-refractivity contribution in [2.75, 3.05) is 6.54 Å². The summed E-state index contributed by atoms with van der Waals surface area (Å²) >= 11 is 0. The van der Waals surface area contributed by atoms with Crippen molar-refractivity contribution in [3.05, 3.63) is 0 Å². The Kier molecular flexibility index (Phi) is 3.57. The summed E-state index contributed by atoms with van der Waals surface area (Å²) in [6.45, 7) is 9.64. The summed E-state index contributed by atoms with van der Waals surface area (Å²) in [6.07, 6.45) is 4.18. The van der Waals surface area contributed by atoms with Gasteiger partial charge in [-0.25, -0.2) is 0 Å². The molecule has 2 heteroatoms. The second-order valence-electron chi connectivity index (χ2n) is 4.59. The second kappa shape index (κ2) is 4.33. The van der Waals surface area contributed by atoms with Crippen LogP contribution in [0.25, 0.3) is 0 Å². The Labute approximate surface area is 87.7 Å². The lowest BCUT2D eigenvalue weighted by molar-refractivity contribution is -0.136. The van der Waals surface area contributed by atoms with Crippen molar-refractivity contribution in [3.63, 3.8) is 0 Å². The third-order valence-corrected chi connectivity index (χ3v) is 3.98. The number of hydrogen-bond donors (Lipinski definition) is 0. The van der Waals surface area contributed by atoms with Crippen molar-refractivity contribution in [1.82, 2.24) is 4.90 Å². The van der Waals surface area contributed by atoms with Gasteiger partial charge in [0.25, 0.3) is 0 Å². The first-order valence-corrected chi connectivity index (χ1v) is 5.90. The van der Waals surface area contributed by atoms with E-state index in [4.69, 9.17) is 0 Å². The van der Waals surface area contributed by atoms with Crippen LogP contribution in [0.5, 0.6) is 0 Å². The van der Waals surface area contributed by atoms with Crippen LogP contribution >= 0.6 is 0 Å². The summed E-state index contributed by atoms with van der Waals surface area (Å²) in [4.78, 5) is 14.1. The van der Waals surface area contributed by atoms with Crippen LogP contribution in [0.2, 0.25) is 0 Å². The molecule has 0 radical (unpaired) electrons. The second-order valence-corrected chi connectivity index (χ2v) is 4.59. The van der Waals surface area contributed by atoms with Crippen molar-refractivity contribution < 1.29 is 4.79 Å². The predicted molar refractivity (Wildman–Crippen MR) is 59.1 cm³/mol. The highest BCUT2D eigenvalue weighted by Gasteiger charge is 2.39. The van der Waals surface area contributed by atoms with Gasteiger partial charge in [0, 0.05) is 18.0 Å². The Balaban J connectivity index is 2.75. The first kappa shape index (κ1) is 11.5. The fraction of sp³-hybridized carbons (Fsp3) is 0.917. The summed E-state index contributed by atoms with van der Waals surface area (Å²) in [5, 5.41) is 0. The molecular weight excluding hydrogens is 174 g/mol. The molecule has 1 fully saturated rings. The molecule has 1 unspecified atom stereocenters. The highest BCUT2D eigenvalue weighted by Crippen LogP contribution is 2.31. The van der Waals surface area contributed by atoms with E-state index in [1.165, 1.54) is 0 Å². The average Bonchev–Trinajstić information content (AvgIpc) is 2.59. The highest BCUT2D eigenvalue weighted by atomic mass is 16.2. The number of rotatable bonds is 4. The molecule has 0 bridgehead atoms. The van der Waals surface area contributed by atoms with Crippen molar-refractivity contribution in [2.24, 2.45) is 5.92 Å². The van der Waals surface area contributed by atoms with Gasteiger partial charge in [-0.3, -0.25) is 4.79 Å². The van der Waals surface area contributed by atoms with Gasteiger partial charge in [-0.05, 0) is 32.6 Å². The Bertz CT molecular complexity index is 208. The van der Waals surface area contributed by atoms with Crippen LogP contribution in [0.4, 0.5) is 0 Å². The van der Waals surface area contributed by atoms with Gasteiger partial charge in [0.15, 0.2) is 0 Å². The molecule has 1 heterocycles. The monoisotopic (exact) mass is 197 g/mol. The molecular formula is C12H23NO. The molecule has 0 saturated carbocycles. The van der Waals surface area contributed by atoms with Crippen LogP contribution in [0.15, 0.2) is 0 Å². The molecule has 0 N–H and O–H groups in total. The molecule has 0 spiro atoms. The Morgan fingerprint density at radius 1 is 1.36 bits per heavy atom. The van der Waals surface area contributed by atoms with E-state index in [9.17, 15) is 4.79 Å². The molecule has 1 atom stereocenters. The summed E-state index contributed by atoms with van der Waals surface area (Å²) < 4.78 is 0. The fourth-order valence-corrected chi connectivity index (χ4v) is 2.29. The Morgan fingerprint density at radius 2 is 1.93 bits per heavy atom. The third kappa shape index (κ3) is 1.79. The molecule has 1 saturated heterocycles. The van der Waals surface area contributed by atoms with Crippen LogP contribution in [0.1, 0.15) is 53.4 Å². The van der Waals surface area contributed by atoms with Crippen LogP contribution < -0.4 is 0 Å². The minimum Gasteiger partial charge on any atom is -0.337 e. The molecule has 1 aliphatic rings. The zero-order valence-corrected chi connectivity index (χ0v) is 9.97. The lowest BCUT2D eigenvalue weighted by Crippen LogP contribution is -2.46. The smallest absolute Gasteiger partial charge is 0.226 e. The fourth-order valence-electron chi connectivity index (χ4n) is 2.29. The number of carbonyl (C=O) groups excluding carboxylic acids is 1. The van der Waals surface area contributed by atoms with E-state index in [0.717, 1.165) is 32.2 Å². The zero-order valence-electron chi connectivity index (χ0n) is 9.97. The lowest BCUT2D eigenvalue weighted by Gasteiger charge is -2.37. The molecule has 0 aromatic heterocycles. The van der Waals surface area contributed by atoms with Crippen LogP contribution in [-0.2, 0) is 4.79 Å². The topological polar surface area (TPSA) is 20.3 Å². The summed E-state index contributed by atoms with van der Waals surface area (Å²) in [5.41, 5.74) is 0.0982. The van der Waals surface area contributed by atoms with E-state index < -0.39 is 0 Å². The zero-order chi connectivity index (χ0) is 10.8. The normalized spacial score (nSPS) is 23.3. The first-order chi connectivity index (χ1) is 6.59. The van der Waals surface area contributed by atoms with Crippen LogP contribution in [-0.4, -0.2) is 22.9 Å². The van der Waals surface area contributed by atoms with Gasteiger partial charge in [-0.15, -0.1) is 0 Å². The van der Waals surface area contributed by atoms with Crippen molar-refractivity contribution in [3.8, 4) is 0 Å². The highest BCUT2D eigenvalue weighted by molar-refractivity contribution is 5.81. The standard InChI is InChI=1S/C12H23NO/c1-5-10-8-9-13(11(10)14)12(4,6-2)7-3/h10H,5-9H2,1-4H3. The van der Waals surface area contributed by atoms with Gasteiger partial charge in [-0.2, -0.15) is 0 Å². The molecule has 14 heavy (non-hydrogen) atoms. The maximum Gasteiger partial charge on any atom is 0.226 e. The molecule has 1 rings (SSSR count). The maximum absolute atomic E-state index is 12.0. The van der Waals surface area contributed by atoms with E-state index in [1.54, 1.807) is 0 Å². The SMILES string of the molecule is CCC1CCN(C(C)(CC)CC)C1=O. The number of carbonyl (C=O) groups is 1. The minimum absolute atomic E-state index is 0.0982. The molecule has 1 amide bonds. The number of likely N-dealkylation sites (tertiary alicyclic amines) is 1. The molecule has 0 aromatic rings. The van der Waals surface area contributed by atoms with Gasteiger partial charge in [-0.1, -0.05) is 20.8 Å². The van der Waals surface area contributed by atoms with Gasteiger partial charge in [0.05, 0.1) is 0 Å². The van der Waals surface area contributed by atoms with Crippen LogP contribution in [0.3, 0.4) is 0 Å². The Hall–Kier alpha value is -0.530. The Morgan fingerprint density at radius 3 is 2.29 bits per heavy atom. The molecule has 1 aliphatic heterocycles. The molecule has 0 aliphatic carbocycles. The molecule has 0 aromatic carbocycles. The first-order valence-electron chi connectivity index (χ1n) is 5.90. The average molecular weight is 197 g/mol. The predicted octanol–water partition coefficient (Wildman–Crippen LogP) is 2.82. The van der Waals surface area contributed by atoms with Gasteiger partial charge in [0.2, 0.25) is 5.91 Å². The van der Waals surface area contributed by atoms with Gasteiger partial charge < -0.3 is 4.90 Å². The van der Waals surface area contributed by atoms with E-state index in [0.29, 0.717) is 11.8 Å². The van der Waals surface area contributed by atoms with Crippen molar-refractivity contribution in [2.45, 2.75) is 58.9 Å². The quantitative estimate of drug-likeness (QED) is 0.678. The largest absolute Gasteiger partial charge is 0.337 e. The number of amides is 1. The maximum atomic E-state index is 12.0. The number of hydrogen-bond acceptors (Lipinski definition) is 1. The summed E-state index contributed by atoms with van der Waals surface area (Å²) in [5.74, 6) is 0.686. The van der Waals surface area contributed by atoms with Crippen molar-refractivity contribution in [1.29, 1.82) is 0 Å². The van der Waals surface area contributed by atoms with E-state index in [2.05, 4.69) is 32.6 Å². The third-order valence-electron chi connectivity index (χ3n) is 3.98. The van der Waals surface area contributed by atoms with Gasteiger partial charge >= 0.3 is 0 Å². The molecule has 2 nitrogen and oxygen atoms in total. The van der Waals surface area contributed by atoms with Gasteiger partial charge in [0.1, 0.15) is 0 Å². The summed E-state index contributed by atoms with van der Waals surface area (Å²) in [7, 11) is 0. The molecule has 82 valence electrons. The van der Waals surface area contributed by atoms with E-state index >= 15 is 0 Å².